The topological polar surface area (TPSA) is 149 Å². The Morgan fingerprint density at radius 1 is 0.608 bits per heavy atom. The maximum Gasteiger partial charge on any atom is 0.472 e. The molecule has 11 heteroatoms. The standard InChI is InChI=1S/C40H71O10P/c1-3-5-7-9-11-12-13-14-15-16-17-18-19-20-21-22-23-24-26-28-30-32-40(44)50-38(36-49-51(45,46)48-34-37(42)33-41)35-47-39(43)31-29-27-25-10-8-6-4-2/h5,7,11-12,14-15,17-18,37-38,41-42H,3-4,6,8-10,13,16,19-36H2,1-2H3,(H,45,46)/b7-5-,12-11-,15-14-,18-17-. The normalized spacial score (nSPS) is 14.5. The van der Waals surface area contributed by atoms with Crippen LogP contribution in [-0.4, -0.2) is 65.7 Å². The SMILES string of the molecule is CC/C=C\C/C=C\C/C=C\C/C=C\CCCCCCCCCCC(=O)OC(COC(=O)CCCCCCCCC)COP(=O)(O)OCC(O)CO. The molecule has 0 aliphatic heterocycles. The molecular weight excluding hydrogens is 671 g/mol. The van der Waals surface area contributed by atoms with Crippen LogP contribution >= 0.6 is 7.82 Å². The number of rotatable bonds is 36. The van der Waals surface area contributed by atoms with Crippen molar-refractivity contribution in [2.24, 2.45) is 0 Å². The van der Waals surface area contributed by atoms with Crippen LogP contribution in [0.1, 0.15) is 155 Å². The van der Waals surface area contributed by atoms with E-state index in [-0.39, 0.29) is 19.4 Å². The number of hydrogen-bond acceptors (Lipinski definition) is 9. The lowest BCUT2D eigenvalue weighted by molar-refractivity contribution is -0.161. The Morgan fingerprint density at radius 2 is 1.08 bits per heavy atom. The van der Waals surface area contributed by atoms with Gasteiger partial charge in [-0.25, -0.2) is 4.57 Å². The van der Waals surface area contributed by atoms with Crippen molar-refractivity contribution < 1.29 is 47.8 Å². The van der Waals surface area contributed by atoms with E-state index in [0.717, 1.165) is 70.6 Å². The van der Waals surface area contributed by atoms with Crippen LogP contribution in [0.3, 0.4) is 0 Å². The van der Waals surface area contributed by atoms with Gasteiger partial charge in [-0.3, -0.25) is 18.6 Å². The van der Waals surface area contributed by atoms with Crippen molar-refractivity contribution in [2.75, 3.05) is 26.4 Å². The smallest absolute Gasteiger partial charge is 0.462 e. The zero-order chi connectivity index (χ0) is 37.7. The Labute approximate surface area is 309 Å². The van der Waals surface area contributed by atoms with E-state index in [4.69, 9.17) is 19.1 Å². The van der Waals surface area contributed by atoms with E-state index in [2.05, 4.69) is 67.0 Å². The van der Waals surface area contributed by atoms with Gasteiger partial charge in [0.1, 0.15) is 12.7 Å². The van der Waals surface area contributed by atoms with Gasteiger partial charge in [-0.15, -0.1) is 0 Å². The summed E-state index contributed by atoms with van der Waals surface area (Å²) in [5, 5.41) is 18.2. The lowest BCUT2D eigenvalue weighted by Gasteiger charge is -2.20. The van der Waals surface area contributed by atoms with Gasteiger partial charge in [-0.2, -0.15) is 0 Å². The van der Waals surface area contributed by atoms with Crippen molar-refractivity contribution >= 4 is 19.8 Å². The zero-order valence-corrected chi connectivity index (χ0v) is 32.7. The van der Waals surface area contributed by atoms with E-state index in [1.54, 1.807) is 0 Å². The first-order valence-electron chi connectivity index (χ1n) is 19.6. The first-order chi connectivity index (χ1) is 24.7. The third-order valence-electron chi connectivity index (χ3n) is 8.00. The van der Waals surface area contributed by atoms with Gasteiger partial charge in [-0.05, 0) is 51.4 Å². The van der Waals surface area contributed by atoms with Gasteiger partial charge in [0.25, 0.3) is 0 Å². The second kappa shape index (κ2) is 36.3. The Kier molecular flexibility index (Phi) is 34.8. The fourth-order valence-electron chi connectivity index (χ4n) is 4.98. The van der Waals surface area contributed by atoms with Gasteiger partial charge in [0.15, 0.2) is 6.10 Å². The van der Waals surface area contributed by atoms with Gasteiger partial charge in [0.2, 0.25) is 0 Å². The van der Waals surface area contributed by atoms with Gasteiger partial charge in [0.05, 0.1) is 19.8 Å². The fourth-order valence-corrected chi connectivity index (χ4v) is 5.77. The molecule has 3 N–H and O–H groups in total. The highest BCUT2D eigenvalue weighted by atomic mass is 31.2. The van der Waals surface area contributed by atoms with Crippen LogP contribution in [0.25, 0.3) is 0 Å². The third-order valence-corrected chi connectivity index (χ3v) is 8.95. The molecule has 3 atom stereocenters. The highest BCUT2D eigenvalue weighted by Gasteiger charge is 2.27. The Hall–Kier alpha value is -2.07. The average Bonchev–Trinajstić information content (AvgIpc) is 3.12. The lowest BCUT2D eigenvalue weighted by Crippen LogP contribution is -2.29. The maximum atomic E-state index is 12.5. The molecular formula is C40H71O10P. The number of unbranched alkanes of at least 4 members (excludes halogenated alkanes) is 14. The summed E-state index contributed by atoms with van der Waals surface area (Å²) in [4.78, 5) is 34.7. The van der Waals surface area contributed by atoms with Crippen LogP contribution in [0, 0.1) is 0 Å². The molecule has 3 unspecified atom stereocenters. The van der Waals surface area contributed by atoms with E-state index < -0.39 is 51.8 Å². The molecule has 0 aliphatic carbocycles. The highest BCUT2D eigenvalue weighted by Crippen LogP contribution is 2.43. The summed E-state index contributed by atoms with van der Waals surface area (Å²) in [5.74, 6) is -0.944. The molecule has 0 heterocycles. The van der Waals surface area contributed by atoms with Crippen LogP contribution in [0.15, 0.2) is 48.6 Å². The molecule has 0 bridgehead atoms. The van der Waals surface area contributed by atoms with Crippen LogP contribution in [0.5, 0.6) is 0 Å². The second-order valence-electron chi connectivity index (χ2n) is 12.9. The maximum absolute atomic E-state index is 12.5. The molecule has 0 fully saturated rings. The summed E-state index contributed by atoms with van der Waals surface area (Å²) in [6.45, 7) is 2.19. The number of aliphatic hydroxyl groups is 2. The number of hydrogen-bond donors (Lipinski definition) is 3. The molecule has 0 saturated carbocycles. The zero-order valence-electron chi connectivity index (χ0n) is 31.8. The highest BCUT2D eigenvalue weighted by molar-refractivity contribution is 7.47. The van der Waals surface area contributed by atoms with E-state index >= 15 is 0 Å². The van der Waals surface area contributed by atoms with Gasteiger partial charge >= 0.3 is 19.8 Å². The van der Waals surface area contributed by atoms with Crippen molar-refractivity contribution in [3.63, 3.8) is 0 Å². The predicted molar refractivity (Wildman–Crippen MR) is 205 cm³/mol. The molecule has 0 saturated heterocycles. The minimum absolute atomic E-state index is 0.174. The van der Waals surface area contributed by atoms with Crippen molar-refractivity contribution in [2.45, 2.75) is 167 Å². The van der Waals surface area contributed by atoms with E-state index in [0.29, 0.717) is 12.8 Å². The van der Waals surface area contributed by atoms with Crippen LogP contribution in [0.2, 0.25) is 0 Å². The number of phosphoric ester groups is 1. The monoisotopic (exact) mass is 742 g/mol. The number of phosphoric acid groups is 1. The Morgan fingerprint density at radius 3 is 1.63 bits per heavy atom. The number of carbonyl (C=O) groups excluding carboxylic acids is 2. The van der Waals surface area contributed by atoms with Crippen molar-refractivity contribution in [3.8, 4) is 0 Å². The first-order valence-corrected chi connectivity index (χ1v) is 21.1. The number of carbonyl (C=O) groups is 2. The van der Waals surface area contributed by atoms with Crippen LogP contribution in [0.4, 0.5) is 0 Å². The van der Waals surface area contributed by atoms with Gasteiger partial charge in [0, 0.05) is 12.8 Å². The molecule has 0 aliphatic rings. The molecule has 0 radical (unpaired) electrons. The van der Waals surface area contributed by atoms with Gasteiger partial charge < -0.3 is 24.6 Å². The summed E-state index contributed by atoms with van der Waals surface area (Å²) in [6.07, 6.45) is 36.7. The first kappa shape index (κ1) is 48.9. The average molecular weight is 743 g/mol. The van der Waals surface area contributed by atoms with E-state index in [9.17, 15) is 24.2 Å². The molecule has 0 rings (SSSR count). The van der Waals surface area contributed by atoms with Crippen LogP contribution in [-0.2, 0) is 32.7 Å². The lowest BCUT2D eigenvalue weighted by atomic mass is 10.1. The number of aliphatic hydroxyl groups excluding tert-OH is 2. The fraction of sp³-hybridized carbons (Fsp3) is 0.750. The minimum atomic E-state index is -4.61. The summed E-state index contributed by atoms with van der Waals surface area (Å²) in [5.41, 5.74) is 0. The summed E-state index contributed by atoms with van der Waals surface area (Å²) in [6, 6.07) is 0. The Balaban J connectivity index is 4.24. The quantitative estimate of drug-likeness (QED) is 0.0245. The molecule has 0 aromatic heterocycles. The summed E-state index contributed by atoms with van der Waals surface area (Å²) >= 11 is 0. The Bertz CT molecular complexity index is 994. The molecule has 0 spiro atoms. The largest absolute Gasteiger partial charge is 0.472 e. The summed E-state index contributed by atoms with van der Waals surface area (Å²) < 4.78 is 32.5. The molecule has 296 valence electrons. The van der Waals surface area contributed by atoms with E-state index in [1.807, 2.05) is 0 Å². The van der Waals surface area contributed by atoms with Crippen molar-refractivity contribution in [3.05, 3.63) is 48.6 Å². The number of allylic oxidation sites excluding steroid dienone is 8. The van der Waals surface area contributed by atoms with Crippen LogP contribution < -0.4 is 0 Å². The molecule has 51 heavy (non-hydrogen) atoms. The van der Waals surface area contributed by atoms with Crippen molar-refractivity contribution in [1.29, 1.82) is 0 Å². The van der Waals surface area contributed by atoms with Crippen molar-refractivity contribution in [1.82, 2.24) is 0 Å². The number of ether oxygens (including phenoxy) is 2. The second-order valence-corrected chi connectivity index (χ2v) is 14.4. The molecule has 0 aromatic rings. The van der Waals surface area contributed by atoms with E-state index in [1.165, 1.54) is 44.9 Å². The summed E-state index contributed by atoms with van der Waals surface area (Å²) in [7, 11) is -4.61. The molecule has 0 amide bonds. The minimum Gasteiger partial charge on any atom is -0.462 e. The molecule has 0 aromatic carbocycles. The molecule has 10 nitrogen and oxygen atoms in total. The predicted octanol–water partition coefficient (Wildman–Crippen LogP) is 9.77. The number of esters is 2. The third kappa shape index (κ3) is 36.1. The van der Waals surface area contributed by atoms with Gasteiger partial charge in [-0.1, -0.05) is 140 Å².